The molecule has 4 heteroatoms. The Morgan fingerprint density at radius 1 is 1.46 bits per heavy atom. The summed E-state index contributed by atoms with van der Waals surface area (Å²) < 4.78 is 5.80. The minimum atomic E-state index is -0.885. The lowest BCUT2D eigenvalue weighted by atomic mass is 9.35. The number of carbonyl (C=O) groups excluding carboxylic acids is 2. The molecule has 4 nitrogen and oxygen atoms in total. The fourth-order valence-electron chi connectivity index (χ4n) is 6.63. The van der Waals surface area contributed by atoms with E-state index in [-0.39, 0.29) is 40.7 Å². The first kappa shape index (κ1) is 19.6. The molecule has 0 aromatic carbocycles. The number of carbonyl (C=O) groups is 2. The van der Waals surface area contributed by atoms with Crippen LogP contribution in [-0.4, -0.2) is 28.6 Å². The minimum Gasteiger partial charge on any atom is -0.462 e. The van der Waals surface area contributed by atoms with Crippen LogP contribution in [-0.2, 0) is 14.3 Å². The molecule has 4 saturated carbocycles. The summed E-state index contributed by atoms with van der Waals surface area (Å²) in [4.78, 5) is 24.4. The first-order valence-corrected chi connectivity index (χ1v) is 10.0. The normalized spacial score (nSPS) is 46.5. The average Bonchev–Trinajstić information content (AvgIpc) is 2.56. The number of hydrogen-bond acceptors (Lipinski definition) is 4. The van der Waals surface area contributed by atoms with Gasteiger partial charge in [-0.1, -0.05) is 26.8 Å². The maximum Gasteiger partial charge on any atom is 0.302 e. The maximum absolute atomic E-state index is 12.7. The van der Waals surface area contributed by atoms with E-state index in [0.29, 0.717) is 24.5 Å². The highest BCUT2D eigenvalue weighted by Crippen LogP contribution is 2.71. The molecule has 0 unspecified atom stereocenters. The van der Waals surface area contributed by atoms with Crippen LogP contribution < -0.4 is 0 Å². The lowest BCUT2D eigenvalue weighted by Crippen LogP contribution is -2.69. The molecule has 0 aromatic rings. The number of fused-ring (bicyclic) bond motifs is 1. The van der Waals surface area contributed by atoms with Gasteiger partial charge in [0.2, 0.25) is 0 Å². The van der Waals surface area contributed by atoms with Crippen molar-refractivity contribution in [3.63, 3.8) is 0 Å². The van der Waals surface area contributed by atoms with Crippen LogP contribution in [0.2, 0.25) is 0 Å². The molecule has 4 fully saturated rings. The van der Waals surface area contributed by atoms with E-state index in [1.165, 1.54) is 6.92 Å². The van der Waals surface area contributed by atoms with Crippen molar-refractivity contribution in [2.75, 3.05) is 0 Å². The quantitative estimate of drug-likeness (QED) is 0.595. The number of hydrogen-bond donors (Lipinski definition) is 1. The van der Waals surface area contributed by atoms with Crippen LogP contribution in [0.1, 0.15) is 66.7 Å². The van der Waals surface area contributed by atoms with Gasteiger partial charge < -0.3 is 9.84 Å². The third-order valence-electron chi connectivity index (χ3n) is 8.54. The number of esters is 1. The van der Waals surface area contributed by atoms with Gasteiger partial charge in [0.25, 0.3) is 0 Å². The molecule has 0 amide bonds. The van der Waals surface area contributed by atoms with Crippen molar-refractivity contribution >= 4 is 11.8 Å². The van der Waals surface area contributed by atoms with Crippen LogP contribution in [0.4, 0.5) is 0 Å². The van der Waals surface area contributed by atoms with E-state index in [4.69, 9.17) is 4.74 Å². The van der Waals surface area contributed by atoms with Crippen LogP contribution in [0.3, 0.4) is 0 Å². The summed E-state index contributed by atoms with van der Waals surface area (Å²) >= 11 is 0. The van der Waals surface area contributed by atoms with Crippen LogP contribution in [0.15, 0.2) is 12.7 Å². The molecule has 26 heavy (non-hydrogen) atoms. The van der Waals surface area contributed by atoms with Crippen molar-refractivity contribution in [3.8, 4) is 0 Å². The highest BCUT2D eigenvalue weighted by molar-refractivity contribution is 5.84. The number of ketones is 1. The molecule has 146 valence electrons. The molecule has 0 radical (unpaired) electrons. The minimum absolute atomic E-state index is 0.0312. The van der Waals surface area contributed by atoms with Crippen LogP contribution >= 0.6 is 0 Å². The van der Waals surface area contributed by atoms with Crippen molar-refractivity contribution in [3.05, 3.63) is 12.7 Å². The average molecular weight is 363 g/mol. The van der Waals surface area contributed by atoms with E-state index in [1.807, 2.05) is 0 Å². The fourth-order valence-corrected chi connectivity index (χ4v) is 6.63. The third-order valence-corrected chi connectivity index (χ3v) is 8.54. The third kappa shape index (κ3) is 2.67. The SMILES string of the molecule is C=C[C@@](C)(O)CC[C@@]12C[C@H]3C(=O)C[C@@H]1[C@](C)([C@@H]3C)[C@H](OC(C)=O)C[C@H]2C. The summed E-state index contributed by atoms with van der Waals surface area (Å²) in [6.07, 6.45) is 5.37. The first-order valence-electron chi connectivity index (χ1n) is 10.0. The molecule has 4 bridgehead atoms. The molecule has 8 atom stereocenters. The lowest BCUT2D eigenvalue weighted by molar-refractivity contribution is -0.243. The summed E-state index contributed by atoms with van der Waals surface area (Å²) in [6, 6.07) is 0. The molecule has 0 aromatic heterocycles. The van der Waals surface area contributed by atoms with Gasteiger partial charge >= 0.3 is 5.97 Å². The second-order valence-electron chi connectivity index (χ2n) is 9.72. The maximum atomic E-state index is 12.7. The van der Waals surface area contributed by atoms with Gasteiger partial charge in [-0.15, -0.1) is 6.58 Å². The van der Waals surface area contributed by atoms with E-state index in [2.05, 4.69) is 27.4 Å². The van der Waals surface area contributed by atoms with Gasteiger partial charge in [0, 0.05) is 24.7 Å². The molecule has 0 heterocycles. The second-order valence-corrected chi connectivity index (χ2v) is 9.72. The molecule has 0 spiro atoms. The molecule has 4 rings (SSSR count). The second kappa shape index (κ2) is 6.19. The Balaban J connectivity index is 2.00. The zero-order chi connectivity index (χ0) is 19.5. The zero-order valence-corrected chi connectivity index (χ0v) is 16.9. The molecule has 1 N–H and O–H groups in total. The molecule has 0 aliphatic heterocycles. The number of Topliss-reactive ketones (excluding diaryl/α,β-unsaturated/α-hetero) is 1. The molecular weight excluding hydrogens is 328 g/mol. The van der Waals surface area contributed by atoms with E-state index >= 15 is 0 Å². The monoisotopic (exact) mass is 362 g/mol. The summed E-state index contributed by atoms with van der Waals surface area (Å²) in [5, 5.41) is 10.5. The predicted molar refractivity (Wildman–Crippen MR) is 100 cm³/mol. The van der Waals surface area contributed by atoms with Crippen LogP contribution in [0.25, 0.3) is 0 Å². The lowest BCUT2D eigenvalue weighted by Gasteiger charge is -2.69. The van der Waals surface area contributed by atoms with Crippen LogP contribution in [0.5, 0.6) is 0 Å². The highest BCUT2D eigenvalue weighted by atomic mass is 16.5. The summed E-state index contributed by atoms with van der Waals surface area (Å²) in [6.45, 7) is 13.7. The Labute approximate surface area is 157 Å². The van der Waals surface area contributed by atoms with E-state index in [9.17, 15) is 14.7 Å². The van der Waals surface area contributed by atoms with Gasteiger partial charge in [-0.3, -0.25) is 9.59 Å². The van der Waals surface area contributed by atoms with Gasteiger partial charge in [0.15, 0.2) is 0 Å². The highest BCUT2D eigenvalue weighted by Gasteiger charge is 2.69. The topological polar surface area (TPSA) is 63.6 Å². The van der Waals surface area contributed by atoms with E-state index in [0.717, 1.165) is 19.3 Å². The van der Waals surface area contributed by atoms with Crippen molar-refractivity contribution in [1.82, 2.24) is 0 Å². The fraction of sp³-hybridized carbons (Fsp3) is 0.818. The summed E-state index contributed by atoms with van der Waals surface area (Å²) in [5.74, 6) is 0.968. The van der Waals surface area contributed by atoms with Crippen molar-refractivity contribution < 1.29 is 19.4 Å². The Hall–Kier alpha value is -1.16. The Kier molecular flexibility index (Phi) is 4.66. The largest absolute Gasteiger partial charge is 0.462 e. The predicted octanol–water partition coefficient (Wildman–Crippen LogP) is 3.91. The Morgan fingerprint density at radius 2 is 2.12 bits per heavy atom. The summed E-state index contributed by atoms with van der Waals surface area (Å²) in [7, 11) is 0. The van der Waals surface area contributed by atoms with Crippen molar-refractivity contribution in [2.45, 2.75) is 78.4 Å². The Morgan fingerprint density at radius 3 is 2.69 bits per heavy atom. The first-order chi connectivity index (χ1) is 12.0. The number of ether oxygens (including phenoxy) is 1. The summed E-state index contributed by atoms with van der Waals surface area (Å²) in [5.41, 5.74) is -1.03. The molecular formula is C22H34O4. The van der Waals surface area contributed by atoms with Crippen molar-refractivity contribution in [2.24, 2.45) is 34.5 Å². The van der Waals surface area contributed by atoms with Gasteiger partial charge in [0.1, 0.15) is 11.9 Å². The van der Waals surface area contributed by atoms with Gasteiger partial charge in [-0.05, 0) is 55.8 Å². The molecule has 4 aliphatic carbocycles. The standard InChI is InChI=1S/C22H34O4/c1-7-20(5,25)8-9-22-12-16-14(3)21(6,18(22)11-17(16)24)19(10-13(22)2)26-15(4)23/h7,13-14,16,18-19,25H,1,8-12H2,2-6H3/t13-,14-,16-,18-,19-,20-,21+,22+/m1/s1. The smallest absolute Gasteiger partial charge is 0.302 e. The van der Waals surface area contributed by atoms with Gasteiger partial charge in [-0.2, -0.15) is 0 Å². The van der Waals surface area contributed by atoms with Crippen molar-refractivity contribution in [1.29, 1.82) is 0 Å². The number of aliphatic hydroxyl groups is 1. The molecule has 0 saturated heterocycles. The van der Waals surface area contributed by atoms with E-state index < -0.39 is 5.60 Å². The number of rotatable bonds is 5. The van der Waals surface area contributed by atoms with Crippen LogP contribution in [0, 0.1) is 34.5 Å². The zero-order valence-electron chi connectivity index (χ0n) is 16.9. The Bertz CT molecular complexity index is 624. The van der Waals surface area contributed by atoms with E-state index in [1.54, 1.807) is 13.0 Å². The molecule has 4 aliphatic rings. The van der Waals surface area contributed by atoms with Gasteiger partial charge in [0.05, 0.1) is 5.60 Å². The van der Waals surface area contributed by atoms with Gasteiger partial charge in [-0.25, -0.2) is 0 Å².